The average molecular weight is 294 g/mol. The molecular weight excluding hydrogens is 272 g/mol. The van der Waals surface area contributed by atoms with Gasteiger partial charge >= 0.3 is 12.0 Å². The Morgan fingerprint density at radius 1 is 1.19 bits per heavy atom. The number of carboxylic acids is 1. The van der Waals surface area contributed by atoms with Crippen LogP contribution in [0.5, 0.6) is 5.75 Å². The zero-order chi connectivity index (χ0) is 16.0. The predicted molar refractivity (Wildman–Crippen MR) is 80.8 cm³/mol. The first kappa shape index (κ1) is 16.8. The summed E-state index contributed by atoms with van der Waals surface area (Å²) in [6.07, 6.45) is 1.88. The van der Waals surface area contributed by atoms with E-state index in [1.807, 2.05) is 6.92 Å². The number of aromatic hydroxyl groups is 1. The van der Waals surface area contributed by atoms with Crippen LogP contribution in [0.25, 0.3) is 0 Å². The number of rotatable bonds is 6. The molecule has 1 rings (SSSR count). The summed E-state index contributed by atoms with van der Waals surface area (Å²) in [5.41, 5.74) is 0.136. The third-order valence-corrected chi connectivity index (χ3v) is 3.05. The number of phenols is 1. The maximum Gasteiger partial charge on any atom is 0.335 e. The van der Waals surface area contributed by atoms with E-state index in [2.05, 4.69) is 24.5 Å². The van der Waals surface area contributed by atoms with Crippen molar-refractivity contribution in [2.45, 2.75) is 39.7 Å². The lowest BCUT2D eigenvalue weighted by Gasteiger charge is -2.16. The van der Waals surface area contributed by atoms with Crippen molar-refractivity contribution in [2.24, 2.45) is 5.92 Å². The molecule has 0 aromatic heterocycles. The van der Waals surface area contributed by atoms with Gasteiger partial charge in [-0.1, -0.05) is 13.8 Å². The molecule has 0 aliphatic heterocycles. The van der Waals surface area contributed by atoms with Gasteiger partial charge in [-0.25, -0.2) is 9.59 Å². The van der Waals surface area contributed by atoms with Crippen molar-refractivity contribution in [1.29, 1.82) is 0 Å². The molecule has 0 radical (unpaired) electrons. The summed E-state index contributed by atoms with van der Waals surface area (Å²) in [4.78, 5) is 22.5. The number of hydrogen-bond acceptors (Lipinski definition) is 3. The van der Waals surface area contributed by atoms with Crippen LogP contribution in [0.4, 0.5) is 10.5 Å². The first-order chi connectivity index (χ1) is 9.79. The number of carbonyl (C=O) groups excluding carboxylic acids is 1. The SMILES string of the molecule is CC(C)CCC(C)NC(=O)Nc1ccc(C(=O)O)cc1O. The largest absolute Gasteiger partial charge is 0.506 e. The van der Waals surface area contributed by atoms with Gasteiger partial charge in [0.25, 0.3) is 0 Å². The minimum atomic E-state index is -1.14. The van der Waals surface area contributed by atoms with Crippen LogP contribution in [0.15, 0.2) is 18.2 Å². The molecule has 6 nitrogen and oxygen atoms in total. The standard InChI is InChI=1S/C15H22N2O4/c1-9(2)4-5-10(3)16-15(21)17-12-7-6-11(14(19)20)8-13(12)18/h6-10,18H,4-5H2,1-3H3,(H,19,20)(H2,16,17,21). The Labute approximate surface area is 124 Å². The summed E-state index contributed by atoms with van der Waals surface area (Å²) in [5.74, 6) is -0.839. The van der Waals surface area contributed by atoms with E-state index in [4.69, 9.17) is 5.11 Å². The van der Waals surface area contributed by atoms with Gasteiger partial charge in [-0.05, 0) is 43.9 Å². The van der Waals surface area contributed by atoms with E-state index in [9.17, 15) is 14.7 Å². The smallest absolute Gasteiger partial charge is 0.335 e. The molecule has 0 saturated heterocycles. The highest BCUT2D eigenvalue weighted by molar-refractivity contribution is 5.93. The lowest BCUT2D eigenvalue weighted by Crippen LogP contribution is -2.36. The molecule has 0 aliphatic carbocycles. The van der Waals surface area contributed by atoms with Gasteiger partial charge in [-0.2, -0.15) is 0 Å². The fraction of sp³-hybridized carbons (Fsp3) is 0.467. The van der Waals surface area contributed by atoms with E-state index in [0.717, 1.165) is 18.9 Å². The minimum Gasteiger partial charge on any atom is -0.506 e. The van der Waals surface area contributed by atoms with Crippen LogP contribution in [-0.2, 0) is 0 Å². The van der Waals surface area contributed by atoms with Crippen LogP contribution in [-0.4, -0.2) is 28.3 Å². The van der Waals surface area contributed by atoms with Crippen molar-refractivity contribution >= 4 is 17.7 Å². The normalized spacial score (nSPS) is 12.0. The molecule has 4 N–H and O–H groups in total. The Morgan fingerprint density at radius 3 is 2.38 bits per heavy atom. The Bertz CT molecular complexity index is 514. The highest BCUT2D eigenvalue weighted by Crippen LogP contribution is 2.24. The summed E-state index contributed by atoms with van der Waals surface area (Å²) in [7, 11) is 0. The summed E-state index contributed by atoms with van der Waals surface area (Å²) < 4.78 is 0. The Balaban J connectivity index is 2.57. The van der Waals surface area contributed by atoms with Gasteiger partial charge in [-0.3, -0.25) is 0 Å². The van der Waals surface area contributed by atoms with Gasteiger partial charge in [0.05, 0.1) is 11.3 Å². The molecule has 1 unspecified atom stereocenters. The molecule has 0 fully saturated rings. The van der Waals surface area contributed by atoms with E-state index in [1.54, 1.807) is 0 Å². The van der Waals surface area contributed by atoms with Gasteiger partial charge in [0.15, 0.2) is 0 Å². The summed E-state index contributed by atoms with van der Waals surface area (Å²) in [5, 5.41) is 23.8. The van der Waals surface area contributed by atoms with Gasteiger partial charge in [0, 0.05) is 6.04 Å². The molecule has 21 heavy (non-hydrogen) atoms. The number of benzene rings is 1. The second-order valence-corrected chi connectivity index (χ2v) is 5.51. The lowest BCUT2D eigenvalue weighted by atomic mass is 10.0. The number of nitrogens with one attached hydrogen (secondary N) is 2. The van der Waals surface area contributed by atoms with E-state index >= 15 is 0 Å². The molecule has 0 saturated carbocycles. The Hall–Kier alpha value is -2.24. The van der Waals surface area contributed by atoms with Crippen LogP contribution in [0.3, 0.4) is 0 Å². The molecule has 2 amide bonds. The van der Waals surface area contributed by atoms with Crippen molar-refractivity contribution in [3.8, 4) is 5.75 Å². The highest BCUT2D eigenvalue weighted by Gasteiger charge is 2.12. The molecule has 0 aliphatic rings. The van der Waals surface area contributed by atoms with Gasteiger partial charge in [-0.15, -0.1) is 0 Å². The Kier molecular flexibility index (Phi) is 6.02. The minimum absolute atomic E-state index is 0.0211. The van der Waals surface area contributed by atoms with Crippen molar-refractivity contribution in [1.82, 2.24) is 5.32 Å². The molecule has 0 bridgehead atoms. The molecule has 6 heteroatoms. The maximum atomic E-state index is 11.8. The molecule has 1 aromatic rings. The van der Waals surface area contributed by atoms with Crippen LogP contribution in [0, 0.1) is 5.92 Å². The zero-order valence-corrected chi connectivity index (χ0v) is 12.5. The van der Waals surface area contributed by atoms with Crippen LogP contribution in [0.1, 0.15) is 44.0 Å². The van der Waals surface area contributed by atoms with Crippen molar-refractivity contribution < 1.29 is 19.8 Å². The third-order valence-electron chi connectivity index (χ3n) is 3.05. The number of anilines is 1. The second kappa shape index (κ2) is 7.52. The number of hydrogen-bond donors (Lipinski definition) is 4. The number of urea groups is 1. The molecule has 0 spiro atoms. The number of amides is 2. The zero-order valence-electron chi connectivity index (χ0n) is 12.5. The fourth-order valence-electron chi connectivity index (χ4n) is 1.81. The fourth-order valence-corrected chi connectivity index (χ4v) is 1.81. The Morgan fingerprint density at radius 2 is 1.86 bits per heavy atom. The summed E-state index contributed by atoms with van der Waals surface area (Å²) >= 11 is 0. The predicted octanol–water partition coefficient (Wildman–Crippen LogP) is 3.04. The van der Waals surface area contributed by atoms with Gasteiger partial charge in [0.2, 0.25) is 0 Å². The van der Waals surface area contributed by atoms with E-state index in [-0.39, 0.29) is 23.0 Å². The topological polar surface area (TPSA) is 98.7 Å². The third kappa shape index (κ3) is 5.72. The van der Waals surface area contributed by atoms with Crippen molar-refractivity contribution in [3.05, 3.63) is 23.8 Å². The maximum absolute atomic E-state index is 11.8. The number of carbonyl (C=O) groups is 2. The van der Waals surface area contributed by atoms with E-state index in [1.165, 1.54) is 12.1 Å². The number of carboxylic acid groups (broad SMARTS) is 1. The van der Waals surface area contributed by atoms with Crippen molar-refractivity contribution in [2.75, 3.05) is 5.32 Å². The van der Waals surface area contributed by atoms with E-state index < -0.39 is 12.0 Å². The van der Waals surface area contributed by atoms with Crippen LogP contribution < -0.4 is 10.6 Å². The monoisotopic (exact) mass is 294 g/mol. The summed E-state index contributed by atoms with van der Waals surface area (Å²) in [6, 6.07) is 3.37. The lowest BCUT2D eigenvalue weighted by molar-refractivity contribution is 0.0696. The molecule has 1 aromatic carbocycles. The number of phenolic OH excluding ortho intramolecular Hbond substituents is 1. The second-order valence-electron chi connectivity index (χ2n) is 5.51. The van der Waals surface area contributed by atoms with Crippen LogP contribution in [0.2, 0.25) is 0 Å². The van der Waals surface area contributed by atoms with Crippen molar-refractivity contribution in [3.63, 3.8) is 0 Å². The first-order valence-corrected chi connectivity index (χ1v) is 6.93. The average Bonchev–Trinajstić information content (AvgIpc) is 2.38. The number of aromatic carboxylic acids is 1. The summed E-state index contributed by atoms with van der Waals surface area (Å²) in [6.45, 7) is 6.15. The molecule has 0 heterocycles. The quantitative estimate of drug-likeness (QED) is 0.606. The molecule has 116 valence electrons. The van der Waals surface area contributed by atoms with Gasteiger partial charge < -0.3 is 20.8 Å². The molecular formula is C15H22N2O4. The van der Waals surface area contributed by atoms with Gasteiger partial charge in [0.1, 0.15) is 5.75 Å². The highest BCUT2D eigenvalue weighted by atomic mass is 16.4. The van der Waals surface area contributed by atoms with E-state index in [0.29, 0.717) is 5.92 Å². The first-order valence-electron chi connectivity index (χ1n) is 6.93. The van der Waals surface area contributed by atoms with Crippen LogP contribution >= 0.6 is 0 Å². The molecule has 1 atom stereocenters.